The first kappa shape index (κ1) is 19.3. The zero-order valence-electron chi connectivity index (χ0n) is 15.4. The third-order valence-corrected chi connectivity index (χ3v) is 4.61. The van der Waals surface area contributed by atoms with Crippen LogP contribution in [0.5, 0.6) is 0 Å². The van der Waals surface area contributed by atoms with Crippen molar-refractivity contribution in [2.24, 2.45) is 5.92 Å². The highest BCUT2D eigenvalue weighted by Crippen LogP contribution is 2.34. The van der Waals surface area contributed by atoms with Crippen LogP contribution in [0.4, 0.5) is 5.69 Å². The Labute approximate surface area is 162 Å². The molecule has 1 aliphatic rings. The number of hydrogen-bond acceptors (Lipinski definition) is 5. The standard InChI is InChI=1S/C21H20N2O5/c1-2-28-21(25)19-18(16-8-10-17(11-9-16)23(26)27)12-13-22(20(19)24)14-15-6-4-3-5-7-15/h3-13,18-19H,2,14H2,1H3/t18-,19-/m0/s1. The van der Waals surface area contributed by atoms with Crippen LogP contribution in [0, 0.1) is 16.0 Å². The molecule has 2 aromatic carbocycles. The third-order valence-electron chi connectivity index (χ3n) is 4.61. The molecule has 0 aromatic heterocycles. The van der Waals surface area contributed by atoms with Gasteiger partial charge < -0.3 is 9.64 Å². The fourth-order valence-electron chi connectivity index (χ4n) is 3.23. The molecule has 144 valence electrons. The van der Waals surface area contributed by atoms with Gasteiger partial charge in [0.1, 0.15) is 5.92 Å². The van der Waals surface area contributed by atoms with Crippen molar-refractivity contribution in [3.63, 3.8) is 0 Å². The summed E-state index contributed by atoms with van der Waals surface area (Å²) in [4.78, 5) is 37.5. The lowest BCUT2D eigenvalue weighted by atomic mass is 9.83. The molecule has 0 N–H and O–H groups in total. The fourth-order valence-corrected chi connectivity index (χ4v) is 3.23. The first-order valence-corrected chi connectivity index (χ1v) is 8.95. The minimum Gasteiger partial charge on any atom is -0.465 e. The maximum absolute atomic E-state index is 13.1. The first-order valence-electron chi connectivity index (χ1n) is 8.95. The number of nitro benzene ring substituents is 1. The zero-order chi connectivity index (χ0) is 20.1. The number of nitrogens with zero attached hydrogens (tertiary/aromatic N) is 2. The SMILES string of the molecule is CCOC(=O)[C@@H]1C(=O)N(Cc2ccccc2)C=C[C@H]1c1ccc([N+](=O)[O-])cc1. The molecule has 7 nitrogen and oxygen atoms in total. The van der Waals surface area contributed by atoms with Gasteiger partial charge in [-0.2, -0.15) is 0 Å². The number of benzene rings is 2. The number of rotatable bonds is 6. The second-order valence-corrected chi connectivity index (χ2v) is 6.40. The van der Waals surface area contributed by atoms with Gasteiger partial charge in [0, 0.05) is 24.3 Å². The van der Waals surface area contributed by atoms with Crippen LogP contribution in [0.3, 0.4) is 0 Å². The Morgan fingerprint density at radius 1 is 1.14 bits per heavy atom. The van der Waals surface area contributed by atoms with Gasteiger partial charge in [0.25, 0.3) is 5.69 Å². The fraction of sp³-hybridized carbons (Fsp3) is 0.238. The largest absolute Gasteiger partial charge is 0.465 e. The Bertz CT molecular complexity index is 893. The van der Waals surface area contributed by atoms with Crippen molar-refractivity contribution in [3.8, 4) is 0 Å². The molecule has 0 spiro atoms. The van der Waals surface area contributed by atoms with Gasteiger partial charge in [-0.3, -0.25) is 19.7 Å². The molecule has 3 rings (SSSR count). The second kappa shape index (κ2) is 8.47. The van der Waals surface area contributed by atoms with E-state index in [9.17, 15) is 19.7 Å². The zero-order valence-corrected chi connectivity index (χ0v) is 15.4. The number of nitro groups is 1. The summed E-state index contributed by atoms with van der Waals surface area (Å²) in [6.45, 7) is 2.20. The third kappa shape index (κ3) is 4.09. The number of ether oxygens (including phenoxy) is 1. The highest BCUT2D eigenvalue weighted by atomic mass is 16.6. The summed E-state index contributed by atoms with van der Waals surface area (Å²) in [5.74, 6) is -2.53. The van der Waals surface area contributed by atoms with Crippen LogP contribution in [-0.4, -0.2) is 28.3 Å². The normalized spacial score (nSPS) is 18.8. The average molecular weight is 380 g/mol. The Balaban J connectivity index is 1.91. The predicted molar refractivity (Wildman–Crippen MR) is 102 cm³/mol. The van der Waals surface area contributed by atoms with Gasteiger partial charge in [-0.25, -0.2) is 0 Å². The second-order valence-electron chi connectivity index (χ2n) is 6.40. The van der Waals surface area contributed by atoms with Gasteiger partial charge in [0.05, 0.1) is 18.1 Å². The Kier molecular flexibility index (Phi) is 5.84. The van der Waals surface area contributed by atoms with Crippen molar-refractivity contribution in [3.05, 3.63) is 88.1 Å². The molecule has 2 atom stereocenters. The van der Waals surface area contributed by atoms with Crippen molar-refractivity contribution in [1.82, 2.24) is 4.90 Å². The summed E-state index contributed by atoms with van der Waals surface area (Å²) in [6.07, 6.45) is 3.43. The molecule has 0 unspecified atom stereocenters. The van der Waals surface area contributed by atoms with E-state index in [0.29, 0.717) is 12.1 Å². The molecular weight excluding hydrogens is 360 g/mol. The number of hydrogen-bond donors (Lipinski definition) is 0. The number of carbonyl (C=O) groups excluding carboxylic acids is 2. The van der Waals surface area contributed by atoms with E-state index in [1.54, 1.807) is 31.3 Å². The molecule has 0 saturated carbocycles. The lowest BCUT2D eigenvalue weighted by molar-refractivity contribution is -0.384. The minimum absolute atomic E-state index is 0.0479. The predicted octanol–water partition coefficient (Wildman–Crippen LogP) is 3.41. The van der Waals surface area contributed by atoms with Gasteiger partial charge in [0.15, 0.2) is 0 Å². The summed E-state index contributed by atoms with van der Waals surface area (Å²) in [5.41, 5.74) is 1.54. The van der Waals surface area contributed by atoms with Crippen molar-refractivity contribution in [1.29, 1.82) is 0 Å². The number of esters is 1. The first-order chi connectivity index (χ1) is 13.5. The van der Waals surface area contributed by atoms with E-state index in [1.165, 1.54) is 17.0 Å². The van der Waals surface area contributed by atoms with Crippen LogP contribution < -0.4 is 0 Å². The van der Waals surface area contributed by atoms with Crippen molar-refractivity contribution >= 4 is 17.6 Å². The molecule has 0 radical (unpaired) electrons. The smallest absolute Gasteiger partial charge is 0.319 e. The van der Waals surface area contributed by atoms with Crippen LogP contribution in [-0.2, 0) is 20.9 Å². The van der Waals surface area contributed by atoms with E-state index >= 15 is 0 Å². The van der Waals surface area contributed by atoms with Crippen LogP contribution in [0.1, 0.15) is 24.0 Å². The van der Waals surface area contributed by atoms with Crippen LogP contribution >= 0.6 is 0 Å². The molecule has 1 aliphatic heterocycles. The number of amides is 1. The summed E-state index contributed by atoms with van der Waals surface area (Å²) >= 11 is 0. The van der Waals surface area contributed by atoms with E-state index in [1.807, 2.05) is 30.3 Å². The van der Waals surface area contributed by atoms with E-state index in [4.69, 9.17) is 4.74 Å². The monoisotopic (exact) mass is 380 g/mol. The van der Waals surface area contributed by atoms with Crippen LogP contribution in [0.25, 0.3) is 0 Å². The summed E-state index contributed by atoms with van der Waals surface area (Å²) in [7, 11) is 0. The van der Waals surface area contributed by atoms with Crippen molar-refractivity contribution in [2.45, 2.75) is 19.4 Å². The van der Waals surface area contributed by atoms with Gasteiger partial charge in [-0.1, -0.05) is 48.5 Å². The lowest BCUT2D eigenvalue weighted by Gasteiger charge is -2.32. The van der Waals surface area contributed by atoms with Gasteiger partial charge in [-0.05, 0) is 18.1 Å². The van der Waals surface area contributed by atoms with Gasteiger partial charge >= 0.3 is 5.97 Å². The average Bonchev–Trinajstić information content (AvgIpc) is 2.70. The quantitative estimate of drug-likeness (QED) is 0.332. The molecule has 0 aliphatic carbocycles. The maximum atomic E-state index is 13.1. The molecule has 0 bridgehead atoms. The number of allylic oxidation sites excluding steroid dienone is 1. The highest BCUT2D eigenvalue weighted by Gasteiger charge is 2.40. The van der Waals surface area contributed by atoms with Crippen LogP contribution in [0.2, 0.25) is 0 Å². The highest BCUT2D eigenvalue weighted by molar-refractivity contribution is 6.00. The van der Waals surface area contributed by atoms with E-state index in [2.05, 4.69) is 0 Å². The molecule has 1 heterocycles. The van der Waals surface area contributed by atoms with Gasteiger partial charge in [-0.15, -0.1) is 0 Å². The lowest BCUT2D eigenvalue weighted by Crippen LogP contribution is -2.42. The van der Waals surface area contributed by atoms with E-state index in [-0.39, 0.29) is 18.2 Å². The molecular formula is C21H20N2O5. The Hall–Kier alpha value is -3.48. The van der Waals surface area contributed by atoms with E-state index < -0.39 is 22.7 Å². The Morgan fingerprint density at radius 2 is 1.82 bits per heavy atom. The summed E-state index contributed by atoms with van der Waals surface area (Å²) < 4.78 is 5.14. The minimum atomic E-state index is -1.03. The molecule has 7 heteroatoms. The van der Waals surface area contributed by atoms with Crippen LogP contribution in [0.15, 0.2) is 66.9 Å². The topological polar surface area (TPSA) is 89.8 Å². The summed E-state index contributed by atoms with van der Waals surface area (Å²) in [6, 6.07) is 15.3. The number of carbonyl (C=O) groups is 2. The van der Waals surface area contributed by atoms with Crippen molar-refractivity contribution < 1.29 is 19.2 Å². The molecule has 28 heavy (non-hydrogen) atoms. The van der Waals surface area contributed by atoms with Gasteiger partial charge in [0.2, 0.25) is 5.91 Å². The molecule has 2 aromatic rings. The number of non-ortho nitro benzene ring substituents is 1. The maximum Gasteiger partial charge on any atom is 0.319 e. The Morgan fingerprint density at radius 3 is 2.43 bits per heavy atom. The summed E-state index contributed by atoms with van der Waals surface area (Å²) in [5, 5.41) is 10.9. The van der Waals surface area contributed by atoms with E-state index in [0.717, 1.165) is 5.56 Å². The molecule has 0 fully saturated rings. The van der Waals surface area contributed by atoms with Crippen molar-refractivity contribution in [2.75, 3.05) is 6.61 Å². The molecule has 0 saturated heterocycles. The molecule has 1 amide bonds.